The zero-order chi connectivity index (χ0) is 3.41. The van der Waals surface area contributed by atoms with Gasteiger partial charge in [-0.15, -0.1) is 0 Å². The summed E-state index contributed by atoms with van der Waals surface area (Å²) in [5.74, 6) is 0. The van der Waals surface area contributed by atoms with Crippen LogP contribution in [0.5, 0.6) is 0 Å². The first-order chi connectivity index (χ1) is 1.91. The first kappa shape index (κ1) is 23.2. The van der Waals surface area contributed by atoms with Crippen LogP contribution in [0, 0.1) is 0 Å². The number of hydrogen-bond acceptors (Lipinski definition) is 2. The first-order valence-corrected chi connectivity index (χ1v) is 1.32. The first-order valence-electron chi connectivity index (χ1n) is 1.32. The van der Waals surface area contributed by atoms with E-state index in [1.54, 1.807) is 0 Å². The van der Waals surface area contributed by atoms with E-state index >= 15 is 0 Å². The van der Waals surface area contributed by atoms with Crippen LogP contribution in [0.4, 0.5) is 0 Å². The van der Waals surface area contributed by atoms with Crippen LogP contribution in [-0.4, -0.2) is 77.7 Å². The van der Waals surface area contributed by atoms with Gasteiger partial charge in [0, 0.05) is 13.1 Å². The summed E-state index contributed by atoms with van der Waals surface area (Å²) >= 11 is 0. The van der Waals surface area contributed by atoms with Crippen molar-refractivity contribution in [1.82, 2.24) is 0 Å². The molecule has 0 atom stereocenters. The zero-order valence-corrected chi connectivity index (χ0v) is 3.07. The van der Waals surface area contributed by atoms with Gasteiger partial charge in [0.25, 0.3) is 0 Å². The summed E-state index contributed by atoms with van der Waals surface area (Å²) in [5, 5.41) is 0. The molecule has 0 rings (SSSR count). The SMILES string of the molecule is NCCN.O.[NaH].[NaH]. The molecule has 0 aliphatic heterocycles. The molecule has 0 aliphatic rings. The molecule has 0 bridgehead atoms. The van der Waals surface area contributed by atoms with Crippen LogP contribution in [0.2, 0.25) is 0 Å². The number of nitrogens with two attached hydrogens (primary N) is 2. The standard InChI is InChI=1S/C2H8N2.2Na.H2O.2H/c3-1-2-4;;;;;/h1-4H2;;;1H2;;. The van der Waals surface area contributed by atoms with Crippen molar-refractivity contribution < 1.29 is 5.48 Å². The van der Waals surface area contributed by atoms with E-state index in [0.29, 0.717) is 13.1 Å². The molecular formula is C2H12N2Na2O. The van der Waals surface area contributed by atoms with Gasteiger partial charge in [-0.3, -0.25) is 0 Å². The van der Waals surface area contributed by atoms with Gasteiger partial charge >= 0.3 is 59.1 Å². The van der Waals surface area contributed by atoms with E-state index in [-0.39, 0.29) is 64.6 Å². The van der Waals surface area contributed by atoms with Crippen molar-refractivity contribution in [1.29, 1.82) is 0 Å². The molecule has 0 amide bonds. The van der Waals surface area contributed by atoms with Crippen molar-refractivity contribution in [3.63, 3.8) is 0 Å². The molecule has 0 unspecified atom stereocenters. The Morgan fingerprint density at radius 1 is 0.857 bits per heavy atom. The predicted molar refractivity (Wildman–Crippen MR) is 36.0 cm³/mol. The third-order valence-corrected chi connectivity index (χ3v) is 0.167. The summed E-state index contributed by atoms with van der Waals surface area (Å²) in [4.78, 5) is 0. The molecule has 0 aromatic carbocycles. The number of rotatable bonds is 1. The fraction of sp³-hybridized carbons (Fsp3) is 1.00. The van der Waals surface area contributed by atoms with Gasteiger partial charge in [-0.25, -0.2) is 0 Å². The van der Waals surface area contributed by atoms with Crippen molar-refractivity contribution in [3.05, 3.63) is 0 Å². The molecule has 0 aliphatic carbocycles. The van der Waals surface area contributed by atoms with E-state index in [4.69, 9.17) is 11.5 Å². The number of hydrogen-bond donors (Lipinski definition) is 2. The maximum atomic E-state index is 4.90. The van der Waals surface area contributed by atoms with Crippen molar-refractivity contribution in [2.45, 2.75) is 0 Å². The van der Waals surface area contributed by atoms with Gasteiger partial charge in [0.2, 0.25) is 0 Å². The predicted octanol–water partition coefficient (Wildman–Crippen LogP) is -3.22. The molecule has 3 nitrogen and oxygen atoms in total. The molecule has 0 aromatic heterocycles. The summed E-state index contributed by atoms with van der Waals surface area (Å²) in [6.07, 6.45) is 0. The normalized spacial score (nSPS) is 4.29. The molecular weight excluding hydrogens is 114 g/mol. The molecule has 0 radical (unpaired) electrons. The topological polar surface area (TPSA) is 83.5 Å². The van der Waals surface area contributed by atoms with E-state index in [2.05, 4.69) is 0 Å². The van der Waals surface area contributed by atoms with Crippen molar-refractivity contribution >= 4 is 59.1 Å². The van der Waals surface area contributed by atoms with Gasteiger partial charge in [-0.1, -0.05) is 0 Å². The van der Waals surface area contributed by atoms with Crippen molar-refractivity contribution in [2.75, 3.05) is 13.1 Å². The Hall–Kier alpha value is 1.88. The van der Waals surface area contributed by atoms with Crippen LogP contribution >= 0.6 is 0 Å². The summed E-state index contributed by atoms with van der Waals surface area (Å²) in [7, 11) is 0. The molecule has 0 spiro atoms. The van der Waals surface area contributed by atoms with Gasteiger partial charge in [-0.05, 0) is 0 Å². The minimum atomic E-state index is 0. The summed E-state index contributed by atoms with van der Waals surface area (Å²) < 4.78 is 0. The van der Waals surface area contributed by atoms with Crippen molar-refractivity contribution in [2.24, 2.45) is 11.5 Å². The molecule has 0 saturated heterocycles. The van der Waals surface area contributed by atoms with Gasteiger partial charge in [0.05, 0.1) is 0 Å². The zero-order valence-electron chi connectivity index (χ0n) is 3.07. The summed E-state index contributed by atoms with van der Waals surface area (Å²) in [6, 6.07) is 0. The second-order valence-electron chi connectivity index (χ2n) is 0.577. The molecule has 0 fully saturated rings. The molecule has 38 valence electrons. The van der Waals surface area contributed by atoms with E-state index in [1.165, 1.54) is 0 Å². The fourth-order valence-corrected chi connectivity index (χ4v) is 0. The fourth-order valence-electron chi connectivity index (χ4n) is 0. The molecule has 6 N–H and O–H groups in total. The summed E-state index contributed by atoms with van der Waals surface area (Å²) in [5.41, 5.74) is 9.81. The van der Waals surface area contributed by atoms with E-state index in [9.17, 15) is 0 Å². The van der Waals surface area contributed by atoms with E-state index < -0.39 is 0 Å². The Balaban J connectivity index is -0.0000000150. The molecule has 0 saturated carbocycles. The van der Waals surface area contributed by atoms with Gasteiger partial charge in [-0.2, -0.15) is 0 Å². The average Bonchev–Trinajstić information content (AvgIpc) is 1.37. The molecule has 5 heteroatoms. The van der Waals surface area contributed by atoms with Crippen LogP contribution < -0.4 is 11.5 Å². The van der Waals surface area contributed by atoms with Gasteiger partial charge in [0.15, 0.2) is 0 Å². The van der Waals surface area contributed by atoms with Crippen LogP contribution in [0.1, 0.15) is 0 Å². The second-order valence-corrected chi connectivity index (χ2v) is 0.577. The average molecular weight is 126 g/mol. The second kappa shape index (κ2) is 24.8. The molecule has 7 heavy (non-hydrogen) atoms. The third-order valence-electron chi connectivity index (χ3n) is 0.167. The van der Waals surface area contributed by atoms with Gasteiger partial charge < -0.3 is 16.9 Å². The Labute approximate surface area is 88.1 Å². The van der Waals surface area contributed by atoms with Crippen LogP contribution in [-0.2, 0) is 0 Å². The van der Waals surface area contributed by atoms with E-state index in [1.807, 2.05) is 0 Å². The van der Waals surface area contributed by atoms with Gasteiger partial charge in [0.1, 0.15) is 0 Å². The summed E-state index contributed by atoms with van der Waals surface area (Å²) in [6.45, 7) is 1.19. The Morgan fingerprint density at radius 3 is 1.00 bits per heavy atom. The Kier molecular flexibility index (Phi) is 82.0. The monoisotopic (exact) mass is 126 g/mol. The molecule has 0 aromatic rings. The maximum absolute atomic E-state index is 4.90. The van der Waals surface area contributed by atoms with Crippen LogP contribution in [0.15, 0.2) is 0 Å². The minimum absolute atomic E-state index is 0. The van der Waals surface area contributed by atoms with E-state index in [0.717, 1.165) is 0 Å². The third kappa shape index (κ3) is 32.8. The Bertz CT molecular complexity index is 15.7. The quantitative estimate of drug-likeness (QED) is 0.362. The molecule has 0 heterocycles. The van der Waals surface area contributed by atoms with Crippen molar-refractivity contribution in [3.8, 4) is 0 Å². The Morgan fingerprint density at radius 2 is 1.00 bits per heavy atom. The van der Waals surface area contributed by atoms with Crippen LogP contribution in [0.25, 0.3) is 0 Å². The van der Waals surface area contributed by atoms with Crippen LogP contribution in [0.3, 0.4) is 0 Å².